The molecule has 2 heterocycles. The van der Waals surface area contributed by atoms with Crippen LogP contribution in [0.5, 0.6) is 5.75 Å². The minimum absolute atomic E-state index is 0.220. The van der Waals surface area contributed by atoms with E-state index >= 15 is 0 Å². The zero-order valence-corrected chi connectivity index (χ0v) is 17.1. The third-order valence-corrected chi connectivity index (χ3v) is 6.30. The van der Waals surface area contributed by atoms with Gasteiger partial charge in [-0.05, 0) is 48.6 Å². The fourth-order valence-corrected chi connectivity index (χ4v) is 4.75. The van der Waals surface area contributed by atoms with Gasteiger partial charge in [-0.3, -0.25) is 14.9 Å². The Morgan fingerprint density at radius 3 is 2.72 bits per heavy atom. The molecule has 0 saturated carbocycles. The number of thioether (sulfide) groups is 1. The highest BCUT2D eigenvalue weighted by Crippen LogP contribution is 2.33. The molecule has 1 fully saturated rings. The van der Waals surface area contributed by atoms with E-state index in [1.807, 2.05) is 29.2 Å². The van der Waals surface area contributed by atoms with E-state index in [0.29, 0.717) is 13.0 Å². The number of aliphatic hydroxyl groups excluding tert-OH is 1. The van der Waals surface area contributed by atoms with Crippen LogP contribution in [-0.4, -0.2) is 40.9 Å². The summed E-state index contributed by atoms with van der Waals surface area (Å²) in [6.45, 7) is 3.18. The van der Waals surface area contributed by atoms with Crippen LogP contribution in [0.3, 0.4) is 0 Å². The normalized spacial score (nSPS) is 19.2. The lowest BCUT2D eigenvalue weighted by molar-refractivity contribution is -0.118. The molecule has 1 saturated heterocycles. The van der Waals surface area contributed by atoms with Gasteiger partial charge in [0.05, 0.1) is 11.9 Å². The molecule has 2 aromatic rings. The molecule has 4 rings (SSSR count). The van der Waals surface area contributed by atoms with Crippen molar-refractivity contribution >= 4 is 28.6 Å². The number of carbonyl (C=O) groups is 2. The van der Waals surface area contributed by atoms with E-state index in [0.717, 1.165) is 48.1 Å². The summed E-state index contributed by atoms with van der Waals surface area (Å²) < 4.78 is 5.91. The molecule has 2 aliphatic heterocycles. The number of fused-ring (bicyclic) bond motifs is 1. The number of amides is 2. The van der Waals surface area contributed by atoms with Gasteiger partial charge in [-0.2, -0.15) is 0 Å². The van der Waals surface area contributed by atoms with Gasteiger partial charge in [0.15, 0.2) is 0 Å². The summed E-state index contributed by atoms with van der Waals surface area (Å²) in [5.74, 6) is 0.551. The van der Waals surface area contributed by atoms with Gasteiger partial charge < -0.3 is 14.7 Å². The summed E-state index contributed by atoms with van der Waals surface area (Å²) in [6, 6.07) is 13.9. The molecule has 29 heavy (non-hydrogen) atoms. The summed E-state index contributed by atoms with van der Waals surface area (Å²) in [5.41, 5.74) is 4.60. The third kappa shape index (κ3) is 4.41. The molecular weight excluding hydrogens is 388 g/mol. The minimum atomic E-state index is -0.499. The highest BCUT2D eigenvalue weighted by Gasteiger charge is 2.31. The second-order valence-corrected chi connectivity index (χ2v) is 8.51. The molecule has 2 unspecified atom stereocenters. The predicted octanol–water partition coefficient (Wildman–Crippen LogP) is 2.90. The van der Waals surface area contributed by atoms with Crippen LogP contribution >= 0.6 is 11.8 Å². The fraction of sp³-hybridized carbons (Fsp3) is 0.364. The van der Waals surface area contributed by atoms with E-state index in [4.69, 9.17) is 4.74 Å². The van der Waals surface area contributed by atoms with Crippen LogP contribution < -0.4 is 15.0 Å². The molecule has 2 atom stereocenters. The maximum atomic E-state index is 11.7. The number of hydrogen-bond acceptors (Lipinski definition) is 6. The lowest BCUT2D eigenvalue weighted by Gasteiger charge is -2.25. The van der Waals surface area contributed by atoms with Gasteiger partial charge in [0.25, 0.3) is 5.24 Å². The average molecular weight is 413 g/mol. The monoisotopic (exact) mass is 412 g/mol. The van der Waals surface area contributed by atoms with Crippen LogP contribution in [0.25, 0.3) is 0 Å². The van der Waals surface area contributed by atoms with Gasteiger partial charge in [-0.25, -0.2) is 0 Å². The van der Waals surface area contributed by atoms with E-state index in [2.05, 4.69) is 23.5 Å². The number of carbonyl (C=O) groups excluding carboxylic acids is 2. The zero-order chi connectivity index (χ0) is 20.4. The first-order valence-corrected chi connectivity index (χ1v) is 10.7. The second kappa shape index (κ2) is 8.47. The molecule has 2 N–H and O–H groups in total. The van der Waals surface area contributed by atoms with Crippen molar-refractivity contribution in [3.8, 4) is 5.75 Å². The number of ether oxygens (including phenoxy) is 1. The van der Waals surface area contributed by atoms with E-state index < -0.39 is 6.23 Å². The Labute approximate surface area is 174 Å². The Morgan fingerprint density at radius 1 is 1.24 bits per heavy atom. The van der Waals surface area contributed by atoms with Crippen LogP contribution in [0.15, 0.2) is 42.5 Å². The lowest BCUT2D eigenvalue weighted by Crippen LogP contribution is -2.31. The van der Waals surface area contributed by atoms with Gasteiger partial charge in [-0.15, -0.1) is 0 Å². The van der Waals surface area contributed by atoms with Crippen LogP contribution in [-0.2, 0) is 24.1 Å². The molecule has 0 aliphatic carbocycles. The van der Waals surface area contributed by atoms with Crippen molar-refractivity contribution < 1.29 is 19.4 Å². The quantitative estimate of drug-likeness (QED) is 0.728. The standard InChI is InChI=1S/C22H24N2O4S/c1-14(25)24-11-9-16-3-2-4-17(20(16)24)10-12-28-18-7-5-15(6-8-18)13-19-21(26)23-22(27)29-19/h2-8,14,19,25H,9-13H2,1H3,(H,23,26,27). The Morgan fingerprint density at radius 2 is 2.03 bits per heavy atom. The first kappa shape index (κ1) is 19.8. The number of benzene rings is 2. The summed E-state index contributed by atoms with van der Waals surface area (Å²) in [5, 5.41) is 11.7. The molecular formula is C22H24N2O4S. The van der Waals surface area contributed by atoms with Gasteiger partial charge in [0.1, 0.15) is 12.0 Å². The van der Waals surface area contributed by atoms with Crippen LogP contribution in [0.4, 0.5) is 10.5 Å². The number of para-hydroxylation sites is 1. The third-order valence-electron chi connectivity index (χ3n) is 5.32. The van der Waals surface area contributed by atoms with Crippen molar-refractivity contribution in [2.45, 2.75) is 37.7 Å². The maximum Gasteiger partial charge on any atom is 0.286 e. The molecule has 2 aliphatic rings. The highest BCUT2D eigenvalue weighted by molar-refractivity contribution is 8.15. The Balaban J connectivity index is 1.33. The summed E-state index contributed by atoms with van der Waals surface area (Å²) in [4.78, 5) is 25.0. The van der Waals surface area contributed by atoms with E-state index in [9.17, 15) is 14.7 Å². The number of anilines is 1. The lowest BCUT2D eigenvalue weighted by atomic mass is 10.0. The predicted molar refractivity (Wildman–Crippen MR) is 113 cm³/mol. The highest BCUT2D eigenvalue weighted by atomic mass is 32.2. The Hall–Kier alpha value is -2.51. The van der Waals surface area contributed by atoms with Crippen molar-refractivity contribution in [1.29, 1.82) is 0 Å². The van der Waals surface area contributed by atoms with E-state index in [1.54, 1.807) is 6.92 Å². The fourth-order valence-electron chi connectivity index (χ4n) is 3.89. The number of imide groups is 1. The second-order valence-electron chi connectivity index (χ2n) is 7.33. The first-order chi connectivity index (χ1) is 14.0. The van der Waals surface area contributed by atoms with Crippen LogP contribution in [0, 0.1) is 0 Å². The van der Waals surface area contributed by atoms with Crippen molar-refractivity contribution in [3.05, 3.63) is 59.2 Å². The number of hydrogen-bond donors (Lipinski definition) is 2. The van der Waals surface area contributed by atoms with Gasteiger partial charge in [0, 0.05) is 18.7 Å². The summed E-state index contributed by atoms with van der Waals surface area (Å²) in [7, 11) is 0. The molecule has 2 amide bonds. The minimum Gasteiger partial charge on any atom is -0.493 e. The first-order valence-electron chi connectivity index (χ1n) is 9.80. The average Bonchev–Trinajstić information content (AvgIpc) is 3.26. The van der Waals surface area contributed by atoms with Crippen LogP contribution in [0.1, 0.15) is 23.6 Å². The molecule has 152 valence electrons. The Kier molecular flexibility index (Phi) is 5.78. The van der Waals surface area contributed by atoms with Crippen molar-refractivity contribution in [1.82, 2.24) is 5.32 Å². The number of rotatable bonds is 7. The number of nitrogens with one attached hydrogen (secondary N) is 1. The summed E-state index contributed by atoms with van der Waals surface area (Å²) >= 11 is 1.04. The number of nitrogens with zero attached hydrogens (tertiary/aromatic N) is 1. The van der Waals surface area contributed by atoms with Crippen molar-refractivity contribution in [2.75, 3.05) is 18.1 Å². The zero-order valence-electron chi connectivity index (χ0n) is 16.3. The smallest absolute Gasteiger partial charge is 0.286 e. The van der Waals surface area contributed by atoms with Crippen molar-refractivity contribution in [2.24, 2.45) is 0 Å². The van der Waals surface area contributed by atoms with Crippen LogP contribution in [0.2, 0.25) is 0 Å². The van der Waals surface area contributed by atoms with E-state index in [-0.39, 0.29) is 16.4 Å². The van der Waals surface area contributed by atoms with Gasteiger partial charge >= 0.3 is 0 Å². The molecule has 0 spiro atoms. The molecule has 6 nitrogen and oxygen atoms in total. The molecule has 0 aromatic heterocycles. The Bertz CT molecular complexity index is 914. The SMILES string of the molecule is CC(O)N1CCc2cccc(CCOc3ccc(CC4SC(=O)NC4=O)cc3)c21. The maximum absolute atomic E-state index is 11.7. The van der Waals surface area contributed by atoms with Crippen molar-refractivity contribution in [3.63, 3.8) is 0 Å². The molecule has 2 aromatic carbocycles. The molecule has 7 heteroatoms. The number of aliphatic hydroxyl groups is 1. The molecule has 0 radical (unpaired) electrons. The van der Waals surface area contributed by atoms with E-state index in [1.165, 1.54) is 11.1 Å². The largest absolute Gasteiger partial charge is 0.493 e. The molecule has 0 bridgehead atoms. The topological polar surface area (TPSA) is 78.9 Å². The van der Waals surface area contributed by atoms with Gasteiger partial charge in [-0.1, -0.05) is 42.1 Å². The summed E-state index contributed by atoms with van der Waals surface area (Å²) in [6.07, 6.45) is 1.74. The van der Waals surface area contributed by atoms with Gasteiger partial charge in [0.2, 0.25) is 5.91 Å².